The molecule has 0 bridgehead atoms. The van der Waals surface area contributed by atoms with Gasteiger partial charge in [-0.1, -0.05) is 23.7 Å². The minimum Gasteiger partial charge on any atom is -0.480 e. The summed E-state index contributed by atoms with van der Waals surface area (Å²) in [7, 11) is 0. The van der Waals surface area contributed by atoms with Crippen molar-refractivity contribution in [1.82, 2.24) is 4.90 Å². The van der Waals surface area contributed by atoms with Crippen LogP contribution in [-0.2, 0) is 9.59 Å². The fourth-order valence-electron chi connectivity index (χ4n) is 2.16. The lowest BCUT2D eigenvalue weighted by atomic mass is 10.2. The number of likely N-dealkylation sites (tertiary alicyclic amines) is 1. The number of amides is 1. The van der Waals surface area contributed by atoms with Crippen LogP contribution >= 0.6 is 11.6 Å². The largest absolute Gasteiger partial charge is 0.480 e. The van der Waals surface area contributed by atoms with Gasteiger partial charge >= 0.3 is 5.97 Å². The van der Waals surface area contributed by atoms with Crippen molar-refractivity contribution < 1.29 is 19.8 Å². The first kappa shape index (κ1) is 14.6. The summed E-state index contributed by atoms with van der Waals surface area (Å²) in [5.41, 5.74) is 0.748. The molecule has 6 heteroatoms. The van der Waals surface area contributed by atoms with Crippen molar-refractivity contribution in [1.29, 1.82) is 0 Å². The minimum absolute atomic E-state index is 0.0374. The Hall–Kier alpha value is -1.85. The van der Waals surface area contributed by atoms with Crippen LogP contribution in [0.2, 0.25) is 5.02 Å². The van der Waals surface area contributed by atoms with Gasteiger partial charge in [0, 0.05) is 24.1 Å². The molecule has 0 aliphatic carbocycles. The summed E-state index contributed by atoms with van der Waals surface area (Å²) in [6, 6.07) is 5.98. The van der Waals surface area contributed by atoms with Crippen molar-refractivity contribution in [2.24, 2.45) is 0 Å². The van der Waals surface area contributed by atoms with E-state index in [2.05, 4.69) is 0 Å². The first-order chi connectivity index (χ1) is 9.47. The number of aliphatic hydroxyl groups is 1. The molecule has 0 unspecified atom stereocenters. The number of carbonyl (C=O) groups is 2. The molecule has 2 atom stereocenters. The Labute approximate surface area is 121 Å². The summed E-state index contributed by atoms with van der Waals surface area (Å²) in [5, 5.41) is 19.1. The number of rotatable bonds is 3. The van der Waals surface area contributed by atoms with Crippen LogP contribution in [0.15, 0.2) is 30.3 Å². The van der Waals surface area contributed by atoms with Gasteiger partial charge in [-0.3, -0.25) is 4.79 Å². The van der Waals surface area contributed by atoms with Crippen molar-refractivity contribution in [2.45, 2.75) is 18.6 Å². The van der Waals surface area contributed by atoms with E-state index in [-0.39, 0.29) is 13.0 Å². The predicted octanol–water partition coefficient (Wildman–Crippen LogP) is 1.40. The highest BCUT2D eigenvalue weighted by Crippen LogP contribution is 2.19. The van der Waals surface area contributed by atoms with Crippen molar-refractivity contribution in [3.05, 3.63) is 40.9 Å². The lowest BCUT2D eigenvalue weighted by molar-refractivity contribution is -0.146. The molecule has 1 aliphatic heterocycles. The van der Waals surface area contributed by atoms with Crippen LogP contribution < -0.4 is 0 Å². The van der Waals surface area contributed by atoms with Crippen molar-refractivity contribution >= 4 is 29.6 Å². The normalized spacial score (nSPS) is 22.4. The van der Waals surface area contributed by atoms with Gasteiger partial charge in [0.2, 0.25) is 5.91 Å². The Bertz CT molecular complexity index is 558. The first-order valence-corrected chi connectivity index (χ1v) is 6.50. The zero-order valence-electron chi connectivity index (χ0n) is 10.6. The van der Waals surface area contributed by atoms with Crippen LogP contribution in [0.1, 0.15) is 12.0 Å². The molecule has 1 aromatic carbocycles. The van der Waals surface area contributed by atoms with Crippen molar-refractivity contribution in [3.8, 4) is 0 Å². The van der Waals surface area contributed by atoms with E-state index in [9.17, 15) is 14.7 Å². The van der Waals surface area contributed by atoms with E-state index >= 15 is 0 Å². The molecule has 2 rings (SSSR count). The van der Waals surface area contributed by atoms with E-state index in [1.165, 1.54) is 6.08 Å². The molecule has 0 saturated carbocycles. The Kier molecular flexibility index (Phi) is 4.42. The van der Waals surface area contributed by atoms with E-state index in [1.807, 2.05) is 0 Å². The lowest BCUT2D eigenvalue weighted by Gasteiger charge is -2.19. The van der Waals surface area contributed by atoms with E-state index in [4.69, 9.17) is 16.7 Å². The third-order valence-corrected chi connectivity index (χ3v) is 3.35. The Balaban J connectivity index is 2.09. The fourth-order valence-corrected chi connectivity index (χ4v) is 2.36. The van der Waals surface area contributed by atoms with Gasteiger partial charge in [-0.25, -0.2) is 4.79 Å². The Morgan fingerprint density at radius 2 is 2.15 bits per heavy atom. The standard InChI is InChI=1S/C14H14ClNO4/c15-10-3-1-2-9(6-10)4-5-13(18)16-8-11(17)7-12(16)14(19)20/h1-6,11-12,17H,7-8H2,(H,19,20)/t11-,12-/m1/s1. The van der Waals surface area contributed by atoms with Crippen molar-refractivity contribution in [3.63, 3.8) is 0 Å². The minimum atomic E-state index is -1.11. The summed E-state index contributed by atoms with van der Waals surface area (Å²) in [6.45, 7) is 0.0374. The van der Waals surface area contributed by atoms with Crippen LogP contribution in [0.25, 0.3) is 6.08 Å². The highest BCUT2D eigenvalue weighted by Gasteiger charge is 2.37. The maximum Gasteiger partial charge on any atom is 0.326 e. The number of β-amino-alcohol motifs (C(OH)–C–C–N with tert-alkyl or cyclic N) is 1. The zero-order valence-corrected chi connectivity index (χ0v) is 11.3. The van der Waals surface area contributed by atoms with Gasteiger partial charge in [0.05, 0.1) is 6.10 Å². The molecule has 1 saturated heterocycles. The topological polar surface area (TPSA) is 77.8 Å². The molecule has 0 aromatic heterocycles. The van der Waals surface area contributed by atoms with Crippen LogP contribution in [0.4, 0.5) is 0 Å². The fraction of sp³-hybridized carbons (Fsp3) is 0.286. The van der Waals surface area contributed by atoms with Gasteiger partial charge in [0.1, 0.15) is 6.04 Å². The van der Waals surface area contributed by atoms with Gasteiger partial charge in [0.15, 0.2) is 0 Å². The smallest absolute Gasteiger partial charge is 0.326 e. The maximum atomic E-state index is 12.0. The third-order valence-electron chi connectivity index (χ3n) is 3.11. The van der Waals surface area contributed by atoms with Gasteiger partial charge in [-0.2, -0.15) is 0 Å². The van der Waals surface area contributed by atoms with Crippen LogP contribution in [0.5, 0.6) is 0 Å². The monoisotopic (exact) mass is 295 g/mol. The molecule has 1 aromatic rings. The number of hydrogen-bond donors (Lipinski definition) is 2. The van der Waals surface area contributed by atoms with E-state index in [0.29, 0.717) is 5.02 Å². The van der Waals surface area contributed by atoms with Gasteiger partial charge in [0.25, 0.3) is 0 Å². The molecule has 1 heterocycles. The predicted molar refractivity (Wildman–Crippen MR) is 74.2 cm³/mol. The average Bonchev–Trinajstić information content (AvgIpc) is 2.78. The van der Waals surface area contributed by atoms with E-state index in [0.717, 1.165) is 10.5 Å². The Morgan fingerprint density at radius 1 is 1.40 bits per heavy atom. The number of hydrogen-bond acceptors (Lipinski definition) is 3. The number of aliphatic hydroxyl groups excluding tert-OH is 1. The van der Waals surface area contributed by atoms with Gasteiger partial charge < -0.3 is 15.1 Å². The van der Waals surface area contributed by atoms with E-state index in [1.54, 1.807) is 30.3 Å². The second kappa shape index (κ2) is 6.07. The number of carboxylic acid groups (broad SMARTS) is 1. The molecule has 106 valence electrons. The summed E-state index contributed by atoms with van der Waals surface area (Å²) >= 11 is 5.83. The number of nitrogens with zero attached hydrogens (tertiary/aromatic N) is 1. The van der Waals surface area contributed by atoms with Crippen LogP contribution in [0.3, 0.4) is 0 Å². The zero-order chi connectivity index (χ0) is 14.7. The molecule has 5 nitrogen and oxygen atoms in total. The summed E-state index contributed by atoms with van der Waals surface area (Å²) in [5.74, 6) is -1.54. The molecular formula is C14H14ClNO4. The third kappa shape index (κ3) is 3.37. The SMILES string of the molecule is O=C(O)[C@H]1C[C@@H](O)CN1C(=O)C=Cc1cccc(Cl)c1. The average molecular weight is 296 g/mol. The van der Waals surface area contributed by atoms with E-state index < -0.39 is 24.0 Å². The highest BCUT2D eigenvalue weighted by molar-refractivity contribution is 6.30. The molecule has 1 amide bonds. The van der Waals surface area contributed by atoms with Crippen LogP contribution in [0, 0.1) is 0 Å². The molecule has 2 N–H and O–H groups in total. The number of aliphatic carboxylic acids is 1. The van der Waals surface area contributed by atoms with Gasteiger partial charge in [-0.15, -0.1) is 0 Å². The summed E-state index contributed by atoms with van der Waals surface area (Å²) in [6.07, 6.45) is 2.13. The summed E-state index contributed by atoms with van der Waals surface area (Å²) < 4.78 is 0. The number of halogens is 1. The Morgan fingerprint density at radius 3 is 2.80 bits per heavy atom. The first-order valence-electron chi connectivity index (χ1n) is 6.12. The van der Waals surface area contributed by atoms with Crippen LogP contribution in [-0.4, -0.2) is 45.7 Å². The number of carbonyl (C=O) groups excluding carboxylic acids is 1. The molecule has 1 fully saturated rings. The lowest BCUT2D eigenvalue weighted by Crippen LogP contribution is -2.39. The molecule has 1 aliphatic rings. The number of benzene rings is 1. The molecule has 20 heavy (non-hydrogen) atoms. The molecule has 0 spiro atoms. The quantitative estimate of drug-likeness (QED) is 0.826. The second-order valence-corrected chi connectivity index (χ2v) is 5.06. The summed E-state index contributed by atoms with van der Waals surface area (Å²) in [4.78, 5) is 24.2. The van der Waals surface area contributed by atoms with Gasteiger partial charge in [-0.05, 0) is 23.8 Å². The van der Waals surface area contributed by atoms with Crippen molar-refractivity contribution in [2.75, 3.05) is 6.54 Å². The second-order valence-electron chi connectivity index (χ2n) is 4.62. The number of carboxylic acids is 1. The maximum absolute atomic E-state index is 12.0. The molecule has 0 radical (unpaired) electrons. The highest BCUT2D eigenvalue weighted by atomic mass is 35.5. The molecular weight excluding hydrogens is 282 g/mol.